The number of amides is 3. The van der Waals surface area contributed by atoms with E-state index >= 15 is 0 Å². The number of hydrogen-bond donors (Lipinski definition) is 3. The molecule has 0 atom stereocenters. The molecule has 158 valence electrons. The molecule has 0 aliphatic heterocycles. The van der Waals surface area contributed by atoms with Crippen LogP contribution in [0.5, 0.6) is 0 Å². The summed E-state index contributed by atoms with van der Waals surface area (Å²) in [7, 11) is 0. The van der Waals surface area contributed by atoms with Gasteiger partial charge in [0.15, 0.2) is 6.61 Å². The van der Waals surface area contributed by atoms with Gasteiger partial charge in [-0.2, -0.15) is 0 Å². The lowest BCUT2D eigenvalue weighted by molar-refractivity contribution is -0.147. The van der Waals surface area contributed by atoms with E-state index in [-0.39, 0.29) is 24.7 Å². The van der Waals surface area contributed by atoms with Crippen molar-refractivity contribution in [2.24, 2.45) is 0 Å². The Bertz CT molecular complexity index is 938. The number of aryl methyl sites for hydroxylation is 2. The second-order valence-electron chi connectivity index (χ2n) is 6.83. The Hall–Kier alpha value is -3.68. The van der Waals surface area contributed by atoms with Gasteiger partial charge in [0.05, 0.1) is 6.42 Å². The summed E-state index contributed by atoms with van der Waals surface area (Å²) in [6.07, 6.45) is -0.173. The van der Waals surface area contributed by atoms with Crippen LogP contribution in [0, 0.1) is 13.8 Å². The van der Waals surface area contributed by atoms with Gasteiger partial charge in [-0.15, -0.1) is 0 Å². The van der Waals surface area contributed by atoms with E-state index in [9.17, 15) is 19.2 Å². The number of anilines is 3. The van der Waals surface area contributed by atoms with Crippen molar-refractivity contribution in [1.29, 1.82) is 0 Å². The maximum Gasteiger partial charge on any atom is 0.306 e. The zero-order chi connectivity index (χ0) is 22.1. The first kappa shape index (κ1) is 22.6. The first-order valence-electron chi connectivity index (χ1n) is 9.43. The molecule has 0 radical (unpaired) electrons. The third-order valence-electron chi connectivity index (χ3n) is 4.08. The minimum atomic E-state index is -0.637. The van der Waals surface area contributed by atoms with Gasteiger partial charge in [-0.1, -0.05) is 12.1 Å². The van der Waals surface area contributed by atoms with Gasteiger partial charge >= 0.3 is 5.97 Å². The highest BCUT2D eigenvalue weighted by Crippen LogP contribution is 2.17. The van der Waals surface area contributed by atoms with Crippen LogP contribution in [0.3, 0.4) is 0 Å². The summed E-state index contributed by atoms with van der Waals surface area (Å²) in [6, 6.07) is 12.2. The smallest absolute Gasteiger partial charge is 0.306 e. The molecule has 0 heterocycles. The first-order valence-corrected chi connectivity index (χ1v) is 9.43. The summed E-state index contributed by atoms with van der Waals surface area (Å²) >= 11 is 0. The van der Waals surface area contributed by atoms with Crippen LogP contribution in [0.25, 0.3) is 0 Å². The molecule has 0 bridgehead atoms. The molecule has 8 heteroatoms. The lowest BCUT2D eigenvalue weighted by Gasteiger charge is -2.10. The maximum atomic E-state index is 12.0. The molecule has 0 aromatic heterocycles. The molecule has 0 aliphatic rings. The third-order valence-corrected chi connectivity index (χ3v) is 4.08. The predicted octanol–water partition coefficient (Wildman–Crippen LogP) is 3.16. The quantitative estimate of drug-likeness (QED) is 0.578. The van der Waals surface area contributed by atoms with E-state index in [1.807, 2.05) is 32.0 Å². The summed E-state index contributed by atoms with van der Waals surface area (Å²) in [5.74, 6) is -1.64. The number of benzene rings is 2. The van der Waals surface area contributed by atoms with Crippen LogP contribution in [0.15, 0.2) is 42.5 Å². The van der Waals surface area contributed by atoms with Crippen LogP contribution in [0.4, 0.5) is 17.1 Å². The van der Waals surface area contributed by atoms with E-state index in [1.165, 1.54) is 6.92 Å². The Morgan fingerprint density at radius 3 is 2.07 bits per heavy atom. The first-order chi connectivity index (χ1) is 14.2. The van der Waals surface area contributed by atoms with E-state index in [1.54, 1.807) is 24.3 Å². The predicted molar refractivity (Wildman–Crippen MR) is 114 cm³/mol. The average Bonchev–Trinajstić information content (AvgIpc) is 2.69. The van der Waals surface area contributed by atoms with Crippen molar-refractivity contribution >= 4 is 40.8 Å². The van der Waals surface area contributed by atoms with Gasteiger partial charge in [0, 0.05) is 30.4 Å². The van der Waals surface area contributed by atoms with Crippen LogP contribution in [0.1, 0.15) is 30.9 Å². The molecular weight excluding hydrogens is 386 g/mol. The Kier molecular flexibility index (Phi) is 8.10. The van der Waals surface area contributed by atoms with Crippen molar-refractivity contribution in [2.75, 3.05) is 22.6 Å². The molecule has 0 saturated carbocycles. The van der Waals surface area contributed by atoms with Crippen molar-refractivity contribution in [3.05, 3.63) is 53.6 Å². The van der Waals surface area contributed by atoms with E-state index in [2.05, 4.69) is 16.0 Å². The number of rotatable bonds is 8. The minimum Gasteiger partial charge on any atom is -0.456 e. The number of nitrogens with one attached hydrogen (secondary N) is 3. The molecule has 0 saturated heterocycles. The normalized spacial score (nSPS) is 10.1. The molecule has 2 aromatic carbocycles. The lowest BCUT2D eigenvalue weighted by Crippen LogP contribution is -2.22. The summed E-state index contributed by atoms with van der Waals surface area (Å²) in [4.78, 5) is 46.7. The van der Waals surface area contributed by atoms with Gasteiger partial charge in [-0.05, 0) is 55.3 Å². The van der Waals surface area contributed by atoms with Crippen LogP contribution in [0.2, 0.25) is 0 Å². The van der Waals surface area contributed by atoms with E-state index < -0.39 is 18.5 Å². The van der Waals surface area contributed by atoms with Gasteiger partial charge in [0.1, 0.15) is 0 Å². The van der Waals surface area contributed by atoms with E-state index in [4.69, 9.17) is 4.74 Å². The van der Waals surface area contributed by atoms with E-state index in [0.717, 1.165) is 11.1 Å². The Labute approximate surface area is 175 Å². The van der Waals surface area contributed by atoms with Crippen LogP contribution >= 0.6 is 0 Å². The van der Waals surface area contributed by atoms with Gasteiger partial charge in [0.25, 0.3) is 5.91 Å². The molecule has 3 amide bonds. The molecule has 2 aromatic rings. The topological polar surface area (TPSA) is 114 Å². The molecular formula is C22H25N3O5. The summed E-state index contributed by atoms with van der Waals surface area (Å²) in [6.45, 7) is 4.76. The second-order valence-corrected chi connectivity index (χ2v) is 6.83. The van der Waals surface area contributed by atoms with Crippen molar-refractivity contribution in [3.8, 4) is 0 Å². The minimum absolute atomic E-state index is 0.0432. The number of carbonyl (C=O) groups is 4. The highest BCUT2D eigenvalue weighted by atomic mass is 16.5. The third kappa shape index (κ3) is 7.75. The largest absolute Gasteiger partial charge is 0.456 e. The molecule has 8 nitrogen and oxygen atoms in total. The number of ether oxygens (including phenoxy) is 1. The zero-order valence-corrected chi connectivity index (χ0v) is 17.2. The summed E-state index contributed by atoms with van der Waals surface area (Å²) < 4.78 is 4.91. The lowest BCUT2D eigenvalue weighted by atomic mass is 10.1. The molecule has 0 fully saturated rings. The number of hydrogen-bond acceptors (Lipinski definition) is 5. The fourth-order valence-corrected chi connectivity index (χ4v) is 2.55. The maximum absolute atomic E-state index is 12.0. The molecule has 0 spiro atoms. The summed E-state index contributed by atoms with van der Waals surface area (Å²) in [5.41, 5.74) is 3.76. The van der Waals surface area contributed by atoms with Crippen LogP contribution in [-0.2, 0) is 23.9 Å². The monoisotopic (exact) mass is 411 g/mol. The Morgan fingerprint density at radius 2 is 1.43 bits per heavy atom. The Balaban J connectivity index is 1.71. The fourth-order valence-electron chi connectivity index (χ4n) is 2.55. The molecule has 0 aliphatic carbocycles. The molecule has 30 heavy (non-hydrogen) atoms. The highest BCUT2D eigenvalue weighted by molar-refractivity contribution is 5.95. The molecule has 2 rings (SSSR count). The number of carbonyl (C=O) groups excluding carboxylic acids is 4. The van der Waals surface area contributed by atoms with Gasteiger partial charge in [-0.25, -0.2) is 0 Å². The highest BCUT2D eigenvalue weighted by Gasteiger charge is 2.12. The SMILES string of the molecule is CC(=O)Nc1ccc(NC(=O)COC(=O)CCC(=O)Nc2cc(C)ccc2C)cc1. The zero-order valence-electron chi connectivity index (χ0n) is 17.2. The Morgan fingerprint density at radius 1 is 0.800 bits per heavy atom. The number of esters is 1. The van der Waals surface area contributed by atoms with Gasteiger partial charge in [-0.3, -0.25) is 19.2 Å². The van der Waals surface area contributed by atoms with Crippen LogP contribution in [-0.4, -0.2) is 30.3 Å². The van der Waals surface area contributed by atoms with E-state index in [0.29, 0.717) is 17.1 Å². The van der Waals surface area contributed by atoms with Gasteiger partial charge in [0.2, 0.25) is 11.8 Å². The molecule has 3 N–H and O–H groups in total. The van der Waals surface area contributed by atoms with Crippen molar-refractivity contribution in [2.45, 2.75) is 33.6 Å². The molecule has 0 unspecified atom stereocenters. The van der Waals surface area contributed by atoms with Crippen LogP contribution < -0.4 is 16.0 Å². The van der Waals surface area contributed by atoms with Gasteiger partial charge < -0.3 is 20.7 Å². The summed E-state index contributed by atoms with van der Waals surface area (Å²) in [5, 5.41) is 7.96. The fraction of sp³-hybridized carbons (Fsp3) is 0.273. The van der Waals surface area contributed by atoms with Crippen molar-refractivity contribution in [3.63, 3.8) is 0 Å². The standard InChI is InChI=1S/C22H25N3O5/c1-14-4-5-15(2)19(12-14)25-20(27)10-11-22(29)30-13-21(28)24-18-8-6-17(7-9-18)23-16(3)26/h4-9,12H,10-11,13H2,1-3H3,(H,23,26)(H,24,28)(H,25,27). The average molecular weight is 411 g/mol. The van der Waals surface area contributed by atoms with Crippen molar-refractivity contribution < 1.29 is 23.9 Å². The van der Waals surface area contributed by atoms with Crippen molar-refractivity contribution in [1.82, 2.24) is 0 Å². The second kappa shape index (κ2) is 10.8.